The van der Waals surface area contributed by atoms with Gasteiger partial charge < -0.3 is 21.1 Å². The Morgan fingerprint density at radius 3 is 2.24 bits per heavy atom. The van der Waals surface area contributed by atoms with E-state index in [0.717, 1.165) is 31.7 Å². The summed E-state index contributed by atoms with van der Waals surface area (Å²) in [5.74, 6) is -1.72. The van der Waals surface area contributed by atoms with Crippen molar-refractivity contribution in [2.45, 2.75) is 0 Å². The van der Waals surface area contributed by atoms with Crippen LogP contribution in [-0.2, 0) is 14.4 Å². The molecule has 45 heavy (non-hydrogen) atoms. The molecular formula is C33H36N6O6. The standard InChI is InChI=1S/C33H36N6O6/c1-34-28(40)21-39-16-14-38(15-17-39)18-19-45-37(2)32(42)23-8-11-25(12-9-23)35-30(22-6-4-3-5-7-22)29-26-13-10-24(33(43)44)20-27(26)36-31(29)41/h3-13,20,35H,14-19,21H2,1-2H3,(H,34,40)(H,36,41)(H,43,44)/b30-29+. The van der Waals surface area contributed by atoms with Crippen molar-refractivity contribution in [2.24, 2.45) is 0 Å². The quantitative estimate of drug-likeness (QED) is 0.190. The summed E-state index contributed by atoms with van der Waals surface area (Å²) < 4.78 is 0. The average molecular weight is 613 g/mol. The largest absolute Gasteiger partial charge is 0.478 e. The van der Waals surface area contributed by atoms with E-state index in [1.807, 2.05) is 30.3 Å². The molecule has 1 fully saturated rings. The number of aromatic carboxylic acids is 1. The number of fused-ring (bicyclic) bond motifs is 1. The number of benzene rings is 3. The SMILES string of the molecule is CNC(=O)CN1CCN(CCON(C)C(=O)c2ccc(N/C(=C3/C(=O)Nc4cc(C(=O)O)ccc43)c3ccccc3)cc2)CC1. The molecule has 0 aliphatic carbocycles. The number of rotatable bonds is 11. The predicted octanol–water partition coefficient (Wildman–Crippen LogP) is 2.68. The number of hydrogen-bond donors (Lipinski definition) is 4. The van der Waals surface area contributed by atoms with Crippen molar-refractivity contribution in [1.82, 2.24) is 20.2 Å². The second-order valence-corrected chi connectivity index (χ2v) is 10.8. The highest BCUT2D eigenvalue weighted by atomic mass is 16.7. The summed E-state index contributed by atoms with van der Waals surface area (Å²) >= 11 is 0. The highest BCUT2D eigenvalue weighted by molar-refractivity contribution is 6.37. The van der Waals surface area contributed by atoms with Crippen molar-refractivity contribution in [2.75, 3.05) is 70.6 Å². The highest BCUT2D eigenvalue weighted by Crippen LogP contribution is 2.38. The zero-order valence-electron chi connectivity index (χ0n) is 25.2. The van der Waals surface area contributed by atoms with Crippen LogP contribution < -0.4 is 16.0 Å². The van der Waals surface area contributed by atoms with Crippen LogP contribution in [0.5, 0.6) is 0 Å². The Labute approximate surface area is 261 Å². The molecule has 2 aliphatic rings. The first-order chi connectivity index (χ1) is 21.7. The molecule has 0 radical (unpaired) electrons. The first kappa shape index (κ1) is 31.4. The summed E-state index contributed by atoms with van der Waals surface area (Å²) in [4.78, 5) is 59.3. The number of amides is 3. The lowest BCUT2D eigenvalue weighted by Gasteiger charge is -2.34. The minimum atomic E-state index is -1.08. The number of likely N-dealkylation sites (N-methyl/N-ethyl adjacent to an activating group) is 1. The number of anilines is 2. The molecular weight excluding hydrogens is 576 g/mol. The molecule has 3 amide bonds. The molecule has 12 nitrogen and oxygen atoms in total. The molecule has 3 aromatic carbocycles. The fourth-order valence-electron chi connectivity index (χ4n) is 5.28. The Morgan fingerprint density at radius 2 is 1.58 bits per heavy atom. The molecule has 0 spiro atoms. The number of hydroxylamine groups is 2. The molecule has 0 atom stereocenters. The maximum atomic E-state index is 13.1. The molecule has 2 aliphatic heterocycles. The molecule has 0 unspecified atom stereocenters. The second-order valence-electron chi connectivity index (χ2n) is 10.8. The van der Waals surface area contributed by atoms with Gasteiger partial charge in [0.15, 0.2) is 0 Å². The first-order valence-electron chi connectivity index (χ1n) is 14.7. The van der Waals surface area contributed by atoms with Gasteiger partial charge in [-0.3, -0.25) is 29.0 Å². The van der Waals surface area contributed by atoms with Gasteiger partial charge in [-0.2, -0.15) is 0 Å². The van der Waals surface area contributed by atoms with Gasteiger partial charge in [-0.05, 0) is 42.0 Å². The third-order valence-electron chi connectivity index (χ3n) is 7.81. The van der Waals surface area contributed by atoms with E-state index in [1.54, 1.807) is 44.4 Å². The summed E-state index contributed by atoms with van der Waals surface area (Å²) in [7, 11) is 3.22. The Morgan fingerprint density at radius 1 is 0.911 bits per heavy atom. The van der Waals surface area contributed by atoms with Crippen LogP contribution >= 0.6 is 0 Å². The fraction of sp³-hybridized carbons (Fsp3) is 0.273. The third kappa shape index (κ3) is 7.55. The highest BCUT2D eigenvalue weighted by Gasteiger charge is 2.29. The van der Waals surface area contributed by atoms with Gasteiger partial charge in [-0.15, -0.1) is 0 Å². The van der Waals surface area contributed by atoms with E-state index in [0.29, 0.717) is 53.5 Å². The van der Waals surface area contributed by atoms with Crippen LogP contribution in [0.25, 0.3) is 11.3 Å². The van der Waals surface area contributed by atoms with Crippen LogP contribution in [0, 0.1) is 0 Å². The molecule has 0 aromatic heterocycles. The van der Waals surface area contributed by atoms with Crippen LogP contribution in [0.3, 0.4) is 0 Å². The van der Waals surface area contributed by atoms with Gasteiger partial charge in [-0.1, -0.05) is 36.4 Å². The molecule has 2 heterocycles. The maximum Gasteiger partial charge on any atom is 0.335 e. The number of carbonyl (C=O) groups is 4. The number of nitrogens with one attached hydrogen (secondary N) is 3. The van der Waals surface area contributed by atoms with Gasteiger partial charge >= 0.3 is 5.97 Å². The lowest BCUT2D eigenvalue weighted by Crippen LogP contribution is -2.50. The van der Waals surface area contributed by atoms with Crippen LogP contribution in [0.15, 0.2) is 72.8 Å². The molecule has 0 saturated carbocycles. The number of hydrogen-bond acceptors (Lipinski definition) is 8. The zero-order chi connectivity index (χ0) is 31.9. The van der Waals surface area contributed by atoms with Crippen LogP contribution in [0.1, 0.15) is 31.8 Å². The van der Waals surface area contributed by atoms with Crippen LogP contribution in [0.4, 0.5) is 11.4 Å². The van der Waals surface area contributed by atoms with Crippen molar-refractivity contribution in [3.63, 3.8) is 0 Å². The maximum absolute atomic E-state index is 13.1. The van der Waals surface area contributed by atoms with E-state index in [1.165, 1.54) is 17.2 Å². The van der Waals surface area contributed by atoms with Crippen molar-refractivity contribution in [3.8, 4) is 0 Å². The molecule has 12 heteroatoms. The summed E-state index contributed by atoms with van der Waals surface area (Å²) in [5, 5.41) is 19.4. The Balaban J connectivity index is 1.23. The number of carboxylic acids is 1. The lowest BCUT2D eigenvalue weighted by molar-refractivity contribution is -0.122. The van der Waals surface area contributed by atoms with Gasteiger partial charge in [-0.25, -0.2) is 9.86 Å². The van der Waals surface area contributed by atoms with E-state index >= 15 is 0 Å². The van der Waals surface area contributed by atoms with Gasteiger partial charge in [0.2, 0.25) is 5.91 Å². The topological polar surface area (TPSA) is 144 Å². The van der Waals surface area contributed by atoms with Crippen molar-refractivity contribution < 1.29 is 29.1 Å². The van der Waals surface area contributed by atoms with E-state index in [9.17, 15) is 24.3 Å². The van der Waals surface area contributed by atoms with Crippen molar-refractivity contribution in [1.29, 1.82) is 0 Å². The number of carbonyl (C=O) groups excluding carboxylic acids is 3. The monoisotopic (exact) mass is 612 g/mol. The Hall–Kier alpha value is -5.04. The molecule has 0 bridgehead atoms. The minimum absolute atomic E-state index is 0.00833. The second kappa shape index (κ2) is 14.2. The summed E-state index contributed by atoms with van der Waals surface area (Å²) in [6, 6.07) is 20.8. The third-order valence-corrected chi connectivity index (χ3v) is 7.81. The summed E-state index contributed by atoms with van der Waals surface area (Å²) in [6.45, 7) is 4.66. The van der Waals surface area contributed by atoms with Gasteiger partial charge in [0, 0.05) is 63.6 Å². The minimum Gasteiger partial charge on any atom is -0.478 e. The number of piperazine rings is 1. The smallest absolute Gasteiger partial charge is 0.335 e. The van der Waals surface area contributed by atoms with Crippen molar-refractivity contribution >= 4 is 46.3 Å². The first-order valence-corrected chi connectivity index (χ1v) is 14.7. The van der Waals surface area contributed by atoms with Crippen molar-refractivity contribution in [3.05, 3.63) is 95.1 Å². The fourth-order valence-corrected chi connectivity index (χ4v) is 5.28. The predicted molar refractivity (Wildman–Crippen MR) is 170 cm³/mol. The molecule has 234 valence electrons. The zero-order valence-corrected chi connectivity index (χ0v) is 25.2. The van der Waals surface area contributed by atoms with Crippen LogP contribution in [-0.4, -0.2) is 104 Å². The van der Waals surface area contributed by atoms with Gasteiger partial charge in [0.05, 0.1) is 35.7 Å². The number of nitrogens with zero attached hydrogens (tertiary/aromatic N) is 3. The normalized spacial score (nSPS) is 16.0. The summed E-state index contributed by atoms with van der Waals surface area (Å²) in [6.07, 6.45) is 0. The van der Waals surface area contributed by atoms with Gasteiger partial charge in [0.1, 0.15) is 0 Å². The molecule has 3 aromatic rings. The average Bonchev–Trinajstić information content (AvgIpc) is 3.39. The lowest BCUT2D eigenvalue weighted by atomic mass is 9.99. The Bertz CT molecular complexity index is 1600. The van der Waals surface area contributed by atoms with E-state index in [4.69, 9.17) is 4.84 Å². The van der Waals surface area contributed by atoms with E-state index in [-0.39, 0.29) is 23.3 Å². The molecule has 4 N–H and O–H groups in total. The van der Waals surface area contributed by atoms with E-state index in [2.05, 4.69) is 25.8 Å². The molecule has 1 saturated heterocycles. The van der Waals surface area contributed by atoms with Crippen LogP contribution in [0.2, 0.25) is 0 Å². The van der Waals surface area contributed by atoms with Gasteiger partial charge in [0.25, 0.3) is 11.8 Å². The van der Waals surface area contributed by atoms with E-state index < -0.39 is 5.97 Å². The molecule has 5 rings (SSSR count). The Kier molecular flexibility index (Phi) is 9.88. The summed E-state index contributed by atoms with van der Waals surface area (Å²) in [5.41, 5.74) is 3.88. The number of carboxylic acid groups (broad SMARTS) is 1.